The third kappa shape index (κ3) is 1.69. The summed E-state index contributed by atoms with van der Waals surface area (Å²) in [6.45, 7) is 2.32. The quantitative estimate of drug-likeness (QED) is 0.570. The van der Waals surface area contributed by atoms with E-state index < -0.39 is 0 Å². The predicted molar refractivity (Wildman–Crippen MR) is 66.3 cm³/mol. The zero-order chi connectivity index (χ0) is 12.5. The zero-order valence-corrected chi connectivity index (χ0v) is 9.74. The lowest BCUT2D eigenvalue weighted by Crippen LogP contribution is -2.35. The molecule has 0 aliphatic carbocycles. The number of nitrogen functional groups attached to an aromatic ring is 1. The highest BCUT2D eigenvalue weighted by Gasteiger charge is 2.20. The molecule has 18 heavy (non-hydrogen) atoms. The van der Waals surface area contributed by atoms with Gasteiger partial charge in [-0.1, -0.05) is 0 Å². The van der Waals surface area contributed by atoms with Crippen molar-refractivity contribution < 1.29 is 0 Å². The summed E-state index contributed by atoms with van der Waals surface area (Å²) in [5.41, 5.74) is 7.17. The van der Waals surface area contributed by atoms with E-state index in [9.17, 15) is 0 Å². The summed E-state index contributed by atoms with van der Waals surface area (Å²) >= 11 is 0. The first kappa shape index (κ1) is 10.7. The van der Waals surface area contributed by atoms with E-state index in [2.05, 4.69) is 20.1 Å². The minimum atomic E-state index is 0.0550. The molecular formula is C11H13N7. The highest BCUT2D eigenvalue weighted by molar-refractivity contribution is 6.00. The fraction of sp³-hybridized carbons (Fsp3) is 0.273. The third-order valence-electron chi connectivity index (χ3n) is 3.07. The standard InChI is InChI=1S/C11H13N7/c12-11(13)8-1-2-14-5-9(8)17-3-4-18-7-15-16-10(18)6-17/h1-2,5,7H,3-4,6H2,(H3,12,13). The van der Waals surface area contributed by atoms with Gasteiger partial charge >= 0.3 is 0 Å². The average Bonchev–Trinajstić information content (AvgIpc) is 2.85. The van der Waals surface area contributed by atoms with E-state index in [4.69, 9.17) is 11.1 Å². The van der Waals surface area contributed by atoms with Crippen molar-refractivity contribution in [2.45, 2.75) is 13.1 Å². The van der Waals surface area contributed by atoms with E-state index >= 15 is 0 Å². The average molecular weight is 243 g/mol. The van der Waals surface area contributed by atoms with E-state index in [0.29, 0.717) is 12.1 Å². The van der Waals surface area contributed by atoms with Crippen molar-refractivity contribution in [2.75, 3.05) is 11.4 Å². The Morgan fingerprint density at radius 3 is 3.11 bits per heavy atom. The lowest BCUT2D eigenvalue weighted by Gasteiger charge is -2.30. The normalized spacial score (nSPS) is 14.3. The molecule has 2 aromatic rings. The summed E-state index contributed by atoms with van der Waals surface area (Å²) in [6.07, 6.45) is 5.12. The van der Waals surface area contributed by atoms with Crippen molar-refractivity contribution in [1.29, 1.82) is 5.41 Å². The Balaban J connectivity index is 1.95. The molecule has 0 aromatic carbocycles. The molecule has 0 bridgehead atoms. The van der Waals surface area contributed by atoms with Crippen molar-refractivity contribution >= 4 is 11.5 Å². The second kappa shape index (κ2) is 4.10. The molecule has 0 saturated heterocycles. The number of pyridine rings is 1. The molecule has 0 unspecified atom stereocenters. The zero-order valence-electron chi connectivity index (χ0n) is 9.74. The number of rotatable bonds is 2. The van der Waals surface area contributed by atoms with Crippen LogP contribution in [-0.2, 0) is 13.1 Å². The van der Waals surface area contributed by atoms with Gasteiger partial charge in [-0.25, -0.2) is 0 Å². The van der Waals surface area contributed by atoms with Gasteiger partial charge in [-0.2, -0.15) is 0 Å². The third-order valence-corrected chi connectivity index (χ3v) is 3.07. The number of hydrogen-bond acceptors (Lipinski definition) is 5. The SMILES string of the molecule is N=C(N)c1ccncc1N1CCn2cnnc2C1. The van der Waals surface area contributed by atoms with Crippen LogP contribution in [0.4, 0.5) is 5.69 Å². The van der Waals surface area contributed by atoms with Gasteiger partial charge in [0.25, 0.3) is 0 Å². The Labute approximate surface area is 104 Å². The molecule has 0 spiro atoms. The van der Waals surface area contributed by atoms with Gasteiger partial charge in [-0.3, -0.25) is 10.4 Å². The largest absolute Gasteiger partial charge is 0.384 e. The molecule has 0 saturated carbocycles. The van der Waals surface area contributed by atoms with Crippen molar-refractivity contribution in [3.05, 3.63) is 36.2 Å². The molecular weight excluding hydrogens is 230 g/mol. The van der Waals surface area contributed by atoms with Crippen LogP contribution in [0.3, 0.4) is 0 Å². The molecule has 0 radical (unpaired) electrons. The van der Waals surface area contributed by atoms with Crippen LogP contribution in [0.15, 0.2) is 24.8 Å². The van der Waals surface area contributed by atoms with Crippen LogP contribution in [0.5, 0.6) is 0 Å². The Morgan fingerprint density at radius 2 is 2.28 bits per heavy atom. The summed E-state index contributed by atoms with van der Waals surface area (Å²) in [6, 6.07) is 1.76. The Kier molecular flexibility index (Phi) is 2.44. The number of anilines is 1. The lowest BCUT2D eigenvalue weighted by atomic mass is 10.2. The molecule has 0 atom stereocenters. The molecule has 1 aliphatic rings. The fourth-order valence-electron chi connectivity index (χ4n) is 2.14. The van der Waals surface area contributed by atoms with E-state index in [-0.39, 0.29) is 5.84 Å². The van der Waals surface area contributed by atoms with Crippen LogP contribution in [-0.4, -0.2) is 32.1 Å². The van der Waals surface area contributed by atoms with Crippen LogP contribution in [0.2, 0.25) is 0 Å². The summed E-state index contributed by atoms with van der Waals surface area (Å²) < 4.78 is 2.03. The van der Waals surface area contributed by atoms with Crippen molar-refractivity contribution in [3.63, 3.8) is 0 Å². The molecule has 3 rings (SSSR count). The maximum Gasteiger partial charge on any atom is 0.152 e. The first-order chi connectivity index (χ1) is 8.75. The second-order valence-corrected chi connectivity index (χ2v) is 4.17. The Hall–Kier alpha value is -2.44. The number of nitrogens with two attached hydrogens (primary N) is 1. The van der Waals surface area contributed by atoms with Crippen molar-refractivity contribution in [3.8, 4) is 0 Å². The first-order valence-corrected chi connectivity index (χ1v) is 5.66. The van der Waals surface area contributed by atoms with Crippen LogP contribution < -0.4 is 10.6 Å². The van der Waals surface area contributed by atoms with Gasteiger partial charge < -0.3 is 15.2 Å². The first-order valence-electron chi connectivity index (χ1n) is 5.66. The molecule has 3 N–H and O–H groups in total. The summed E-state index contributed by atoms with van der Waals surface area (Å²) in [4.78, 5) is 6.23. The van der Waals surface area contributed by atoms with Gasteiger partial charge in [0.1, 0.15) is 12.2 Å². The maximum atomic E-state index is 7.60. The molecule has 0 amide bonds. The van der Waals surface area contributed by atoms with Crippen molar-refractivity contribution in [1.82, 2.24) is 19.7 Å². The molecule has 92 valence electrons. The van der Waals surface area contributed by atoms with Gasteiger partial charge in [0.05, 0.1) is 18.4 Å². The number of nitrogens with zero attached hydrogens (tertiary/aromatic N) is 5. The smallest absolute Gasteiger partial charge is 0.152 e. The number of aromatic nitrogens is 4. The number of nitrogens with one attached hydrogen (secondary N) is 1. The second-order valence-electron chi connectivity index (χ2n) is 4.17. The number of hydrogen-bond donors (Lipinski definition) is 2. The van der Waals surface area contributed by atoms with Crippen LogP contribution in [0.1, 0.15) is 11.4 Å². The summed E-state index contributed by atoms with van der Waals surface area (Å²) in [5, 5.41) is 15.6. The summed E-state index contributed by atoms with van der Waals surface area (Å²) in [5.74, 6) is 0.971. The van der Waals surface area contributed by atoms with Crippen molar-refractivity contribution in [2.24, 2.45) is 5.73 Å². The highest BCUT2D eigenvalue weighted by atomic mass is 15.3. The monoisotopic (exact) mass is 243 g/mol. The lowest BCUT2D eigenvalue weighted by molar-refractivity contribution is 0.559. The topological polar surface area (TPSA) is 96.7 Å². The number of fused-ring (bicyclic) bond motifs is 1. The van der Waals surface area contributed by atoms with Gasteiger partial charge in [0.2, 0.25) is 0 Å². The molecule has 0 fully saturated rings. The van der Waals surface area contributed by atoms with E-state index in [1.54, 1.807) is 24.8 Å². The van der Waals surface area contributed by atoms with Gasteiger partial charge in [-0.15, -0.1) is 10.2 Å². The van der Waals surface area contributed by atoms with Gasteiger partial charge in [0.15, 0.2) is 5.82 Å². The van der Waals surface area contributed by atoms with Crippen LogP contribution in [0.25, 0.3) is 0 Å². The Morgan fingerprint density at radius 1 is 1.39 bits per heavy atom. The molecule has 7 nitrogen and oxygen atoms in total. The Bertz CT molecular complexity index is 589. The molecule has 2 aromatic heterocycles. The van der Waals surface area contributed by atoms with E-state index in [0.717, 1.165) is 24.6 Å². The van der Waals surface area contributed by atoms with E-state index in [1.807, 2.05) is 4.57 Å². The van der Waals surface area contributed by atoms with Gasteiger partial charge in [0, 0.05) is 24.8 Å². The fourth-order valence-corrected chi connectivity index (χ4v) is 2.14. The minimum Gasteiger partial charge on any atom is -0.384 e. The van der Waals surface area contributed by atoms with E-state index in [1.165, 1.54) is 0 Å². The maximum absolute atomic E-state index is 7.60. The molecule has 1 aliphatic heterocycles. The minimum absolute atomic E-state index is 0.0550. The van der Waals surface area contributed by atoms with Crippen LogP contribution >= 0.6 is 0 Å². The number of amidine groups is 1. The summed E-state index contributed by atoms with van der Waals surface area (Å²) in [7, 11) is 0. The molecule has 7 heteroatoms. The van der Waals surface area contributed by atoms with Gasteiger partial charge in [-0.05, 0) is 6.07 Å². The highest BCUT2D eigenvalue weighted by Crippen LogP contribution is 2.22. The van der Waals surface area contributed by atoms with Crippen LogP contribution in [0, 0.1) is 5.41 Å². The predicted octanol–water partition coefficient (Wildman–Crippen LogP) is -0.0226. The molecule has 3 heterocycles.